The first-order chi connectivity index (χ1) is 11.3. The second-order valence-corrected chi connectivity index (χ2v) is 9.98. The Hall–Kier alpha value is -0.0757. The van der Waals surface area contributed by atoms with Crippen LogP contribution in [0.4, 0.5) is 0 Å². The predicted molar refractivity (Wildman–Crippen MR) is 105 cm³/mol. The number of nitrogens with zero attached hydrogens (tertiary/aromatic N) is 1. The van der Waals surface area contributed by atoms with Gasteiger partial charge in [-0.3, -0.25) is 0 Å². The quantitative estimate of drug-likeness (QED) is 0.586. The zero-order valence-corrected chi connectivity index (χ0v) is 18.8. The van der Waals surface area contributed by atoms with Crippen molar-refractivity contribution in [3.8, 4) is 5.75 Å². The van der Waals surface area contributed by atoms with Crippen LogP contribution in [0, 0.1) is 20.8 Å². The molecule has 2 rings (SSSR count). The fourth-order valence-corrected chi connectivity index (χ4v) is 3.90. The molecule has 0 bridgehead atoms. The van der Waals surface area contributed by atoms with Crippen molar-refractivity contribution in [1.82, 2.24) is 4.90 Å². The SMILES string of the molecule is Cc1ccc(Pc2cc(C)cc(C)c2O)c(CN(C)C)c1.[Cl][Ti][Cl]. The third-order valence-corrected chi connectivity index (χ3v) is 4.87. The van der Waals surface area contributed by atoms with Crippen LogP contribution in [0.3, 0.4) is 0 Å². The molecule has 24 heavy (non-hydrogen) atoms. The van der Waals surface area contributed by atoms with Crippen LogP contribution in [0.5, 0.6) is 5.75 Å². The van der Waals surface area contributed by atoms with E-state index < -0.39 is 17.0 Å². The fourth-order valence-electron chi connectivity index (χ4n) is 2.52. The van der Waals surface area contributed by atoms with Gasteiger partial charge in [-0.1, -0.05) is 38.4 Å². The topological polar surface area (TPSA) is 23.5 Å². The second-order valence-electron chi connectivity index (χ2n) is 6.07. The molecule has 0 aliphatic carbocycles. The molecule has 0 aliphatic heterocycles. The Morgan fingerprint density at radius 2 is 1.62 bits per heavy atom. The van der Waals surface area contributed by atoms with Gasteiger partial charge in [-0.15, -0.1) is 0 Å². The molecule has 0 aliphatic rings. The number of hydrogen-bond donors (Lipinski definition) is 1. The summed E-state index contributed by atoms with van der Waals surface area (Å²) < 4.78 is 0. The Kier molecular flexibility index (Phi) is 9.90. The number of phenolic OH excluding ortho intramolecular Hbond substituents is 1. The first kappa shape index (κ1) is 22.0. The average Bonchev–Trinajstić information content (AvgIpc) is 2.47. The minimum absolute atomic E-state index is 0.440. The molecule has 0 heterocycles. The van der Waals surface area contributed by atoms with E-state index in [1.54, 1.807) is 0 Å². The summed E-state index contributed by atoms with van der Waals surface area (Å²) in [5.41, 5.74) is 4.79. The van der Waals surface area contributed by atoms with Crippen LogP contribution in [-0.4, -0.2) is 24.1 Å². The van der Waals surface area contributed by atoms with Crippen molar-refractivity contribution in [3.63, 3.8) is 0 Å². The molecule has 2 aromatic rings. The van der Waals surface area contributed by atoms with Gasteiger partial charge in [0.2, 0.25) is 0 Å². The molecule has 0 fully saturated rings. The van der Waals surface area contributed by atoms with Gasteiger partial charge in [-0.05, 0) is 62.9 Å². The molecular formula is C18H24Cl2NOPTi. The van der Waals surface area contributed by atoms with E-state index in [0.717, 1.165) is 17.4 Å². The molecular weight excluding hydrogens is 396 g/mol. The average molecular weight is 420 g/mol. The van der Waals surface area contributed by atoms with Crippen molar-refractivity contribution in [2.24, 2.45) is 0 Å². The summed E-state index contributed by atoms with van der Waals surface area (Å²) in [6.45, 7) is 7.10. The molecule has 0 saturated carbocycles. The molecule has 0 radical (unpaired) electrons. The van der Waals surface area contributed by atoms with Crippen molar-refractivity contribution < 1.29 is 22.1 Å². The van der Waals surface area contributed by atoms with Gasteiger partial charge in [-0.25, -0.2) is 0 Å². The molecule has 2 nitrogen and oxygen atoms in total. The summed E-state index contributed by atoms with van der Waals surface area (Å²) in [6, 6.07) is 10.7. The van der Waals surface area contributed by atoms with E-state index in [4.69, 9.17) is 18.6 Å². The number of halogens is 2. The van der Waals surface area contributed by atoms with Gasteiger partial charge >= 0.3 is 35.6 Å². The summed E-state index contributed by atoms with van der Waals surface area (Å²) in [6.07, 6.45) is 0. The van der Waals surface area contributed by atoms with Gasteiger partial charge in [0.05, 0.1) is 0 Å². The van der Waals surface area contributed by atoms with Crippen LogP contribution in [0.1, 0.15) is 22.3 Å². The predicted octanol–water partition coefficient (Wildman–Crippen LogP) is 4.38. The van der Waals surface area contributed by atoms with Gasteiger partial charge in [0, 0.05) is 11.8 Å². The maximum atomic E-state index is 10.3. The standard InChI is InChI=1S/C18H24NOP.2ClH.Ti/c1-12-6-7-16(15(9-12)11-19(4)5)21-17-10-13(2)8-14(3)18(17)20;;;/h6-10,20-21H,11H2,1-5H3;2*1H;/q;;;+2/p-2. The zero-order valence-electron chi connectivity index (χ0n) is 14.7. The van der Waals surface area contributed by atoms with E-state index in [1.165, 1.54) is 22.0 Å². The molecule has 1 unspecified atom stereocenters. The second kappa shape index (κ2) is 10.8. The van der Waals surface area contributed by atoms with Crippen molar-refractivity contribution in [1.29, 1.82) is 0 Å². The molecule has 0 spiro atoms. The molecule has 130 valence electrons. The van der Waals surface area contributed by atoms with E-state index >= 15 is 0 Å². The molecule has 1 atom stereocenters. The Morgan fingerprint density at radius 1 is 1.00 bits per heavy atom. The van der Waals surface area contributed by atoms with E-state index in [0.29, 0.717) is 14.3 Å². The van der Waals surface area contributed by atoms with Crippen LogP contribution < -0.4 is 10.6 Å². The van der Waals surface area contributed by atoms with Crippen molar-refractivity contribution in [2.75, 3.05) is 14.1 Å². The molecule has 1 N–H and O–H groups in total. The maximum absolute atomic E-state index is 10.3. The van der Waals surface area contributed by atoms with Crippen LogP contribution in [0.25, 0.3) is 0 Å². The van der Waals surface area contributed by atoms with E-state index in [9.17, 15) is 5.11 Å². The number of rotatable bonds is 4. The number of hydrogen-bond acceptors (Lipinski definition) is 2. The number of aryl methyl sites for hydroxylation is 3. The monoisotopic (exact) mass is 419 g/mol. The minimum atomic E-state index is -0.556. The van der Waals surface area contributed by atoms with E-state index in [-0.39, 0.29) is 0 Å². The van der Waals surface area contributed by atoms with Gasteiger partial charge < -0.3 is 10.0 Å². The first-order valence-corrected chi connectivity index (χ1v) is 12.9. The summed E-state index contributed by atoms with van der Waals surface area (Å²) in [7, 11) is 14.4. The molecule has 0 saturated heterocycles. The van der Waals surface area contributed by atoms with Gasteiger partial charge in [0.25, 0.3) is 0 Å². The Balaban J connectivity index is 0.000000891. The van der Waals surface area contributed by atoms with E-state index in [1.807, 2.05) is 13.0 Å². The molecule has 0 aromatic heterocycles. The summed E-state index contributed by atoms with van der Waals surface area (Å²) in [5, 5.41) is 12.7. The van der Waals surface area contributed by atoms with Crippen LogP contribution >= 0.6 is 27.2 Å². The van der Waals surface area contributed by atoms with Crippen LogP contribution in [-0.2, 0) is 23.6 Å². The van der Waals surface area contributed by atoms with Crippen molar-refractivity contribution in [3.05, 3.63) is 52.6 Å². The summed E-state index contributed by atoms with van der Waals surface area (Å²) in [4.78, 5) is 2.18. The first-order valence-electron chi connectivity index (χ1n) is 7.56. The number of aromatic hydroxyl groups is 1. The normalized spacial score (nSPS) is 10.8. The Morgan fingerprint density at radius 3 is 2.21 bits per heavy atom. The number of phenols is 1. The third kappa shape index (κ3) is 7.04. The third-order valence-electron chi connectivity index (χ3n) is 3.46. The summed E-state index contributed by atoms with van der Waals surface area (Å²) >= 11 is -0.556. The van der Waals surface area contributed by atoms with Crippen molar-refractivity contribution in [2.45, 2.75) is 27.3 Å². The molecule has 0 amide bonds. The zero-order chi connectivity index (χ0) is 18.3. The Bertz CT molecular complexity index is 680. The van der Waals surface area contributed by atoms with E-state index in [2.05, 4.69) is 57.1 Å². The van der Waals surface area contributed by atoms with Gasteiger partial charge in [0.15, 0.2) is 0 Å². The van der Waals surface area contributed by atoms with Gasteiger partial charge in [0.1, 0.15) is 5.75 Å². The number of benzene rings is 2. The molecule has 6 heteroatoms. The Labute approximate surface area is 164 Å². The van der Waals surface area contributed by atoms with Crippen LogP contribution in [0.2, 0.25) is 0 Å². The summed E-state index contributed by atoms with van der Waals surface area (Å²) in [5.74, 6) is 0.440. The van der Waals surface area contributed by atoms with Crippen molar-refractivity contribution >= 4 is 37.8 Å². The fraction of sp³-hybridized carbons (Fsp3) is 0.333. The van der Waals surface area contributed by atoms with Crippen LogP contribution in [0.15, 0.2) is 30.3 Å². The molecule has 2 aromatic carbocycles. The van der Waals surface area contributed by atoms with Gasteiger partial charge in [-0.2, -0.15) is 0 Å².